The van der Waals surface area contributed by atoms with Crippen molar-refractivity contribution < 1.29 is 4.79 Å². The Kier molecular flexibility index (Phi) is 6.37. The Morgan fingerprint density at radius 2 is 1.85 bits per heavy atom. The monoisotopic (exact) mass is 379 g/mol. The molecule has 0 aliphatic carbocycles. The average molecular weight is 380 g/mol. The number of carbonyl (C=O) groups excluding carboxylic acids is 1. The average Bonchev–Trinajstić information content (AvgIpc) is 3.14. The number of nitrogens with one attached hydrogen (secondary N) is 1. The molecule has 0 radical (unpaired) electrons. The summed E-state index contributed by atoms with van der Waals surface area (Å²) in [4.78, 5) is 16.9. The quantitative estimate of drug-likeness (QED) is 0.649. The number of thiazole rings is 1. The molecule has 4 nitrogen and oxygen atoms in total. The summed E-state index contributed by atoms with van der Waals surface area (Å²) in [5.74, 6) is -0.288. The number of carbonyl (C=O) groups is 1. The minimum absolute atomic E-state index is 0.0130. The lowest BCUT2D eigenvalue weighted by atomic mass is 9.94. The molecule has 0 fully saturated rings. The minimum atomic E-state index is -0.299. The third-order valence-corrected chi connectivity index (χ3v) is 5.49. The molecule has 1 heterocycles. The van der Waals surface area contributed by atoms with E-state index in [4.69, 9.17) is 5.73 Å². The number of aromatic nitrogens is 1. The second-order valence-corrected chi connectivity index (χ2v) is 7.78. The third-order valence-electron chi connectivity index (χ3n) is 4.72. The van der Waals surface area contributed by atoms with Crippen LogP contribution in [0, 0.1) is 12.8 Å². The molecule has 1 amide bonds. The van der Waals surface area contributed by atoms with Crippen molar-refractivity contribution >= 4 is 17.2 Å². The van der Waals surface area contributed by atoms with E-state index in [9.17, 15) is 4.79 Å². The summed E-state index contributed by atoms with van der Waals surface area (Å²) in [5, 5.41) is 6.14. The zero-order chi connectivity index (χ0) is 19.2. The molecule has 3 rings (SSSR count). The smallest absolute Gasteiger partial charge is 0.224 e. The highest BCUT2D eigenvalue weighted by atomic mass is 32.1. The van der Waals surface area contributed by atoms with Crippen LogP contribution in [0.5, 0.6) is 0 Å². The Hall–Kier alpha value is -2.50. The van der Waals surface area contributed by atoms with Crippen molar-refractivity contribution in [2.75, 3.05) is 6.54 Å². The van der Waals surface area contributed by atoms with E-state index >= 15 is 0 Å². The van der Waals surface area contributed by atoms with E-state index in [0.29, 0.717) is 6.54 Å². The van der Waals surface area contributed by atoms with E-state index in [0.717, 1.165) is 28.2 Å². The number of benzene rings is 2. The van der Waals surface area contributed by atoms with E-state index in [1.165, 1.54) is 5.56 Å². The van der Waals surface area contributed by atoms with Crippen molar-refractivity contribution in [3.8, 4) is 11.3 Å². The van der Waals surface area contributed by atoms with Gasteiger partial charge in [-0.05, 0) is 24.5 Å². The number of amides is 1. The van der Waals surface area contributed by atoms with Gasteiger partial charge in [-0.2, -0.15) is 0 Å². The van der Waals surface area contributed by atoms with Crippen LogP contribution < -0.4 is 11.1 Å². The molecule has 140 valence electrons. The second-order valence-electron chi connectivity index (χ2n) is 6.71. The van der Waals surface area contributed by atoms with Crippen LogP contribution in [0.3, 0.4) is 0 Å². The molecule has 0 aliphatic rings. The maximum Gasteiger partial charge on any atom is 0.224 e. The fourth-order valence-corrected chi connectivity index (χ4v) is 3.58. The first-order chi connectivity index (χ1) is 13.0. The van der Waals surface area contributed by atoms with Gasteiger partial charge in [0.25, 0.3) is 0 Å². The van der Waals surface area contributed by atoms with E-state index in [2.05, 4.69) is 39.9 Å². The summed E-state index contributed by atoms with van der Waals surface area (Å²) >= 11 is 1.65. The van der Waals surface area contributed by atoms with Gasteiger partial charge in [0.1, 0.15) is 0 Å². The van der Waals surface area contributed by atoms with Gasteiger partial charge in [-0.15, -0.1) is 11.3 Å². The Bertz CT molecular complexity index is 874. The highest BCUT2D eigenvalue weighted by Crippen LogP contribution is 2.22. The molecule has 2 aromatic carbocycles. The lowest BCUT2D eigenvalue weighted by Crippen LogP contribution is -2.36. The van der Waals surface area contributed by atoms with Gasteiger partial charge in [-0.3, -0.25) is 4.79 Å². The lowest BCUT2D eigenvalue weighted by Gasteiger charge is -2.19. The standard InChI is InChI=1S/C22H25N3OS/c1-15(21(23)19-6-4-3-5-7-19)22(26)24-13-12-17-8-10-18(11-9-17)20-14-27-16(2)25-20/h3-11,14-15,21H,12-13,23H2,1-2H3,(H,24,26). The number of nitrogens with two attached hydrogens (primary N) is 1. The Balaban J connectivity index is 1.49. The molecule has 2 atom stereocenters. The van der Waals surface area contributed by atoms with Gasteiger partial charge in [-0.1, -0.05) is 61.5 Å². The molecule has 0 saturated heterocycles. The van der Waals surface area contributed by atoms with Gasteiger partial charge in [0.2, 0.25) is 5.91 Å². The van der Waals surface area contributed by atoms with Crippen molar-refractivity contribution in [1.29, 1.82) is 0 Å². The number of hydrogen-bond donors (Lipinski definition) is 2. The maximum atomic E-state index is 12.4. The molecular formula is C22H25N3OS. The van der Waals surface area contributed by atoms with Crippen LogP contribution in [0.1, 0.15) is 29.1 Å². The Morgan fingerprint density at radius 1 is 1.15 bits per heavy atom. The summed E-state index contributed by atoms with van der Waals surface area (Å²) in [7, 11) is 0. The molecule has 0 bridgehead atoms. The molecule has 27 heavy (non-hydrogen) atoms. The summed E-state index contributed by atoms with van der Waals surface area (Å²) in [6.45, 7) is 4.48. The van der Waals surface area contributed by atoms with E-state index in [1.807, 2.05) is 44.2 Å². The van der Waals surface area contributed by atoms with Crippen LogP contribution in [-0.4, -0.2) is 17.4 Å². The van der Waals surface area contributed by atoms with E-state index in [-0.39, 0.29) is 17.9 Å². The molecule has 0 aliphatic heterocycles. The van der Waals surface area contributed by atoms with Crippen LogP contribution >= 0.6 is 11.3 Å². The predicted octanol–water partition coefficient (Wildman–Crippen LogP) is 4.11. The van der Waals surface area contributed by atoms with Crippen LogP contribution in [-0.2, 0) is 11.2 Å². The van der Waals surface area contributed by atoms with Crippen LogP contribution in [0.4, 0.5) is 0 Å². The normalized spacial score (nSPS) is 13.1. The van der Waals surface area contributed by atoms with Crippen molar-refractivity contribution in [1.82, 2.24) is 10.3 Å². The van der Waals surface area contributed by atoms with Gasteiger partial charge in [-0.25, -0.2) is 4.98 Å². The summed E-state index contributed by atoms with van der Waals surface area (Å²) in [6, 6.07) is 17.8. The third kappa shape index (κ3) is 5.02. The van der Waals surface area contributed by atoms with Gasteiger partial charge in [0.15, 0.2) is 0 Å². The fraction of sp³-hybridized carbons (Fsp3) is 0.273. The zero-order valence-electron chi connectivity index (χ0n) is 15.7. The number of nitrogens with zero attached hydrogens (tertiary/aromatic N) is 1. The molecule has 2 unspecified atom stereocenters. The molecule has 0 saturated carbocycles. The fourth-order valence-electron chi connectivity index (χ4n) is 2.96. The first-order valence-electron chi connectivity index (χ1n) is 9.14. The summed E-state index contributed by atoms with van der Waals surface area (Å²) in [5.41, 5.74) is 10.5. The topological polar surface area (TPSA) is 68.0 Å². The molecule has 3 N–H and O–H groups in total. The maximum absolute atomic E-state index is 12.4. The lowest BCUT2D eigenvalue weighted by molar-refractivity contribution is -0.125. The number of aryl methyl sites for hydroxylation is 1. The van der Waals surface area contributed by atoms with Crippen molar-refractivity contribution in [2.24, 2.45) is 11.7 Å². The van der Waals surface area contributed by atoms with E-state index < -0.39 is 0 Å². The van der Waals surface area contributed by atoms with Crippen molar-refractivity contribution in [3.05, 3.63) is 76.1 Å². The number of hydrogen-bond acceptors (Lipinski definition) is 4. The van der Waals surface area contributed by atoms with Crippen LogP contribution in [0.2, 0.25) is 0 Å². The van der Waals surface area contributed by atoms with Gasteiger partial charge in [0, 0.05) is 23.5 Å². The zero-order valence-corrected chi connectivity index (χ0v) is 16.5. The van der Waals surface area contributed by atoms with Crippen molar-refractivity contribution in [2.45, 2.75) is 26.3 Å². The first kappa shape index (κ1) is 19.3. The summed E-state index contributed by atoms with van der Waals surface area (Å²) in [6.07, 6.45) is 0.787. The highest BCUT2D eigenvalue weighted by molar-refractivity contribution is 7.09. The summed E-state index contributed by atoms with van der Waals surface area (Å²) < 4.78 is 0. The molecule has 1 aromatic heterocycles. The van der Waals surface area contributed by atoms with Gasteiger partial charge < -0.3 is 11.1 Å². The van der Waals surface area contributed by atoms with Crippen molar-refractivity contribution in [3.63, 3.8) is 0 Å². The van der Waals surface area contributed by atoms with Crippen LogP contribution in [0.15, 0.2) is 60.0 Å². The highest BCUT2D eigenvalue weighted by Gasteiger charge is 2.21. The molecule has 0 spiro atoms. The van der Waals surface area contributed by atoms with Crippen LogP contribution in [0.25, 0.3) is 11.3 Å². The Labute approximate surface area is 164 Å². The first-order valence-corrected chi connectivity index (χ1v) is 10.0. The second kappa shape index (κ2) is 8.93. The minimum Gasteiger partial charge on any atom is -0.355 e. The predicted molar refractivity (Wildman–Crippen MR) is 112 cm³/mol. The van der Waals surface area contributed by atoms with E-state index in [1.54, 1.807) is 11.3 Å². The number of rotatable bonds is 7. The molecular weight excluding hydrogens is 354 g/mol. The largest absolute Gasteiger partial charge is 0.355 e. The van der Waals surface area contributed by atoms with Gasteiger partial charge >= 0.3 is 0 Å². The Morgan fingerprint density at radius 3 is 2.48 bits per heavy atom. The van der Waals surface area contributed by atoms with Gasteiger partial charge in [0.05, 0.1) is 16.6 Å². The molecule has 3 aromatic rings. The molecule has 5 heteroatoms. The SMILES string of the molecule is Cc1nc(-c2ccc(CCNC(=O)C(C)C(N)c3ccccc3)cc2)cs1.